The molecule has 0 aromatic rings. The van der Waals surface area contributed by atoms with E-state index in [4.69, 9.17) is 12.2 Å². The van der Waals surface area contributed by atoms with Crippen molar-refractivity contribution in [1.82, 2.24) is 0 Å². The fourth-order valence-electron chi connectivity index (χ4n) is 5.36. The smallest absolute Gasteiger partial charge is 0.00962 e. The van der Waals surface area contributed by atoms with Crippen LogP contribution in [-0.4, -0.2) is 6.04 Å². The maximum absolute atomic E-state index is 6.54. The maximum atomic E-state index is 6.54. The van der Waals surface area contributed by atoms with E-state index >= 15 is 0 Å². The molecule has 0 amide bonds. The molecule has 0 heterocycles. The lowest BCUT2D eigenvalue weighted by atomic mass is 9.47. The Morgan fingerprint density at radius 3 is 2.12 bits per heavy atom. The topological polar surface area (TPSA) is 26.0 Å². The molecule has 1 nitrogen and oxygen atoms in total. The first-order valence-electron chi connectivity index (χ1n) is 7.41. The third kappa shape index (κ3) is 2.02. The van der Waals surface area contributed by atoms with Gasteiger partial charge in [0.05, 0.1) is 0 Å². The summed E-state index contributed by atoms with van der Waals surface area (Å²) in [6, 6.07) is 0.421. The van der Waals surface area contributed by atoms with Gasteiger partial charge < -0.3 is 5.73 Å². The van der Waals surface area contributed by atoms with E-state index < -0.39 is 0 Å². The second-order valence-electron chi connectivity index (χ2n) is 6.98. The molecule has 94 valence electrons. The van der Waals surface area contributed by atoms with Gasteiger partial charge in [0, 0.05) is 12.5 Å². The molecule has 0 spiro atoms. The minimum atomic E-state index is 0.421. The summed E-state index contributed by atoms with van der Waals surface area (Å²) in [6.45, 7) is 0. The Hall–Kier alpha value is -0.480. The first-order valence-corrected chi connectivity index (χ1v) is 7.41. The molecular formula is C16H25N. The minimum Gasteiger partial charge on any atom is -0.327 e. The maximum Gasteiger partial charge on any atom is 0.00962 e. The monoisotopic (exact) mass is 231 g/mol. The highest BCUT2D eigenvalue weighted by Gasteiger charge is 2.52. The van der Waals surface area contributed by atoms with Crippen molar-refractivity contribution in [2.45, 2.75) is 63.8 Å². The van der Waals surface area contributed by atoms with Crippen LogP contribution in [-0.2, 0) is 0 Å². The largest absolute Gasteiger partial charge is 0.327 e. The number of unbranched alkanes of at least 4 members (excludes halogenated alkanes) is 1. The summed E-state index contributed by atoms with van der Waals surface area (Å²) < 4.78 is 0. The number of rotatable bonds is 4. The van der Waals surface area contributed by atoms with Gasteiger partial charge in [-0.3, -0.25) is 0 Å². The van der Waals surface area contributed by atoms with Crippen LogP contribution in [0.1, 0.15) is 57.8 Å². The Balaban J connectivity index is 1.67. The van der Waals surface area contributed by atoms with Crippen LogP contribution < -0.4 is 5.73 Å². The lowest BCUT2D eigenvalue weighted by Crippen LogP contribution is -2.54. The van der Waals surface area contributed by atoms with Gasteiger partial charge >= 0.3 is 0 Å². The lowest BCUT2D eigenvalue weighted by molar-refractivity contribution is -0.0683. The summed E-state index contributed by atoms with van der Waals surface area (Å²) in [5.74, 6) is 5.78. The third-order valence-electron chi connectivity index (χ3n) is 5.71. The molecule has 1 heteroatoms. The third-order valence-corrected chi connectivity index (χ3v) is 5.71. The second-order valence-corrected chi connectivity index (χ2v) is 6.98. The first-order chi connectivity index (χ1) is 8.22. The van der Waals surface area contributed by atoms with Gasteiger partial charge in [-0.15, -0.1) is 12.3 Å². The van der Waals surface area contributed by atoms with Crippen LogP contribution in [0.15, 0.2) is 0 Å². The highest BCUT2D eigenvalue weighted by Crippen LogP contribution is 2.61. The molecule has 4 rings (SSSR count). The van der Waals surface area contributed by atoms with E-state index in [2.05, 4.69) is 5.92 Å². The van der Waals surface area contributed by atoms with E-state index in [9.17, 15) is 0 Å². The van der Waals surface area contributed by atoms with E-state index in [1.54, 1.807) is 0 Å². The summed E-state index contributed by atoms with van der Waals surface area (Å²) in [5.41, 5.74) is 7.06. The highest BCUT2D eigenvalue weighted by atomic mass is 14.7. The van der Waals surface area contributed by atoms with E-state index in [1.165, 1.54) is 38.5 Å². The Bertz CT molecular complexity index is 290. The number of nitrogens with two attached hydrogens (primary N) is 1. The average Bonchev–Trinajstić information content (AvgIpc) is 2.27. The van der Waals surface area contributed by atoms with Gasteiger partial charge in [-0.05, 0) is 74.5 Å². The highest BCUT2D eigenvalue weighted by molar-refractivity contribution is 5.05. The molecule has 4 bridgehead atoms. The number of terminal acetylenes is 1. The standard InChI is InChI=1S/C16H25N/c1-2-3-4-5-15(17)16-9-12-6-13(10-16)8-14(7-12)11-16/h1,12-15H,3-11,17H2. The Morgan fingerprint density at radius 2 is 1.65 bits per heavy atom. The fourth-order valence-corrected chi connectivity index (χ4v) is 5.36. The molecule has 0 aliphatic heterocycles. The molecular weight excluding hydrogens is 206 g/mol. The summed E-state index contributed by atoms with van der Waals surface area (Å²) in [7, 11) is 0. The lowest BCUT2D eigenvalue weighted by Gasteiger charge is -2.59. The minimum absolute atomic E-state index is 0.421. The average molecular weight is 231 g/mol. The normalized spacial score (nSPS) is 44.6. The number of hydrogen-bond acceptors (Lipinski definition) is 1. The van der Waals surface area contributed by atoms with E-state index in [0.717, 1.165) is 37.0 Å². The number of hydrogen-bond donors (Lipinski definition) is 1. The predicted molar refractivity (Wildman–Crippen MR) is 71.3 cm³/mol. The molecule has 0 radical (unpaired) electrons. The van der Waals surface area contributed by atoms with Crippen LogP contribution >= 0.6 is 0 Å². The van der Waals surface area contributed by atoms with E-state index in [0.29, 0.717) is 11.5 Å². The van der Waals surface area contributed by atoms with E-state index in [1.807, 2.05) is 0 Å². The van der Waals surface area contributed by atoms with Crippen molar-refractivity contribution in [2.75, 3.05) is 0 Å². The van der Waals surface area contributed by atoms with Crippen LogP contribution in [0, 0.1) is 35.5 Å². The predicted octanol–water partition coefficient (Wildman–Crippen LogP) is 3.33. The second kappa shape index (κ2) is 4.32. The quantitative estimate of drug-likeness (QED) is 0.583. The van der Waals surface area contributed by atoms with Gasteiger partial charge in [0.2, 0.25) is 0 Å². The fraction of sp³-hybridized carbons (Fsp3) is 0.875. The van der Waals surface area contributed by atoms with Crippen LogP contribution in [0.2, 0.25) is 0 Å². The van der Waals surface area contributed by atoms with Crippen molar-refractivity contribution in [3.8, 4) is 12.3 Å². The van der Waals surface area contributed by atoms with Gasteiger partial charge in [0.25, 0.3) is 0 Å². The van der Waals surface area contributed by atoms with Crippen molar-refractivity contribution in [1.29, 1.82) is 0 Å². The van der Waals surface area contributed by atoms with Crippen molar-refractivity contribution in [3.63, 3.8) is 0 Å². The van der Waals surface area contributed by atoms with Crippen molar-refractivity contribution >= 4 is 0 Å². The summed E-state index contributed by atoms with van der Waals surface area (Å²) in [4.78, 5) is 0. The Kier molecular flexibility index (Phi) is 2.95. The van der Waals surface area contributed by atoms with Crippen molar-refractivity contribution in [3.05, 3.63) is 0 Å². The zero-order valence-corrected chi connectivity index (χ0v) is 10.8. The van der Waals surface area contributed by atoms with Gasteiger partial charge in [0.1, 0.15) is 0 Å². The molecule has 4 aliphatic rings. The molecule has 17 heavy (non-hydrogen) atoms. The van der Waals surface area contributed by atoms with E-state index in [-0.39, 0.29) is 0 Å². The zero-order valence-electron chi connectivity index (χ0n) is 10.8. The molecule has 0 aromatic carbocycles. The first kappa shape index (κ1) is 11.6. The molecule has 2 N–H and O–H groups in total. The molecule has 4 fully saturated rings. The van der Waals surface area contributed by atoms with Gasteiger partial charge in [0.15, 0.2) is 0 Å². The van der Waals surface area contributed by atoms with Crippen molar-refractivity contribution in [2.24, 2.45) is 28.9 Å². The molecule has 4 saturated carbocycles. The Labute approximate surface area is 106 Å². The summed E-state index contributed by atoms with van der Waals surface area (Å²) in [6.07, 6.45) is 17.3. The van der Waals surface area contributed by atoms with Crippen LogP contribution in [0.4, 0.5) is 0 Å². The zero-order chi connectivity index (χ0) is 11.9. The molecule has 0 saturated heterocycles. The Morgan fingerprint density at radius 1 is 1.12 bits per heavy atom. The summed E-state index contributed by atoms with van der Waals surface area (Å²) >= 11 is 0. The SMILES string of the molecule is C#CCCCC(N)C12CC3CC(CC(C3)C1)C2. The molecule has 0 aromatic heterocycles. The summed E-state index contributed by atoms with van der Waals surface area (Å²) in [5, 5.41) is 0. The van der Waals surface area contributed by atoms with Crippen molar-refractivity contribution < 1.29 is 0 Å². The van der Waals surface area contributed by atoms with Crippen LogP contribution in [0.5, 0.6) is 0 Å². The van der Waals surface area contributed by atoms with Crippen LogP contribution in [0.25, 0.3) is 0 Å². The van der Waals surface area contributed by atoms with Gasteiger partial charge in [-0.1, -0.05) is 0 Å². The van der Waals surface area contributed by atoms with Crippen LogP contribution in [0.3, 0.4) is 0 Å². The molecule has 4 aliphatic carbocycles. The van der Waals surface area contributed by atoms with Gasteiger partial charge in [-0.2, -0.15) is 0 Å². The van der Waals surface area contributed by atoms with Gasteiger partial charge in [-0.25, -0.2) is 0 Å². The molecule has 1 unspecified atom stereocenters. The molecule has 1 atom stereocenters.